The number of hydrogen-bond donors (Lipinski definition) is 2. The smallest absolute Gasteiger partial charge is 0.189 e. The summed E-state index contributed by atoms with van der Waals surface area (Å²) in [6.45, 7) is 2.13. The van der Waals surface area contributed by atoms with Gasteiger partial charge in [-0.3, -0.25) is 0 Å². The Morgan fingerprint density at radius 1 is 1.62 bits per heavy atom. The van der Waals surface area contributed by atoms with Gasteiger partial charge in [-0.15, -0.1) is 0 Å². The monoisotopic (exact) mass is 302 g/mol. The van der Waals surface area contributed by atoms with Gasteiger partial charge >= 0.3 is 0 Å². The SMILES string of the molecule is CSc1ncc(Br)c(N[C@H]2CCCNC2)n1. The zero-order chi connectivity index (χ0) is 11.4. The van der Waals surface area contributed by atoms with Gasteiger partial charge in [0.15, 0.2) is 5.16 Å². The maximum Gasteiger partial charge on any atom is 0.189 e. The lowest BCUT2D eigenvalue weighted by molar-refractivity contribution is 0.478. The Morgan fingerprint density at radius 2 is 2.50 bits per heavy atom. The first-order valence-corrected chi connectivity index (χ1v) is 7.35. The van der Waals surface area contributed by atoms with E-state index in [4.69, 9.17) is 0 Å². The molecule has 0 aromatic carbocycles. The van der Waals surface area contributed by atoms with Crippen LogP contribution in [0, 0.1) is 0 Å². The topological polar surface area (TPSA) is 49.8 Å². The highest BCUT2D eigenvalue weighted by molar-refractivity contribution is 9.10. The van der Waals surface area contributed by atoms with Crippen LogP contribution in [0.5, 0.6) is 0 Å². The molecule has 0 unspecified atom stereocenters. The molecule has 2 rings (SSSR count). The third kappa shape index (κ3) is 3.09. The van der Waals surface area contributed by atoms with Gasteiger partial charge < -0.3 is 10.6 Å². The van der Waals surface area contributed by atoms with Crippen LogP contribution in [0.15, 0.2) is 15.8 Å². The second kappa shape index (κ2) is 5.84. The Labute approximate surface area is 108 Å². The highest BCUT2D eigenvalue weighted by Crippen LogP contribution is 2.23. The largest absolute Gasteiger partial charge is 0.365 e. The quantitative estimate of drug-likeness (QED) is 0.662. The number of aromatic nitrogens is 2. The van der Waals surface area contributed by atoms with Crippen molar-refractivity contribution in [2.75, 3.05) is 24.7 Å². The molecule has 4 nitrogen and oxygen atoms in total. The highest BCUT2D eigenvalue weighted by Gasteiger charge is 2.14. The standard InChI is InChI=1S/C10H15BrN4S/c1-16-10-13-6-8(11)9(15-10)14-7-3-2-4-12-5-7/h6-7,12H,2-5H2,1H3,(H,13,14,15)/t7-/m0/s1. The van der Waals surface area contributed by atoms with Crippen molar-refractivity contribution in [1.82, 2.24) is 15.3 Å². The molecule has 16 heavy (non-hydrogen) atoms. The van der Waals surface area contributed by atoms with Crippen LogP contribution in [-0.4, -0.2) is 35.4 Å². The molecule has 2 N–H and O–H groups in total. The summed E-state index contributed by atoms with van der Waals surface area (Å²) in [7, 11) is 0. The molecule has 1 aromatic rings. The van der Waals surface area contributed by atoms with E-state index in [-0.39, 0.29) is 0 Å². The summed E-state index contributed by atoms with van der Waals surface area (Å²) in [5, 5.41) is 7.63. The molecule has 6 heteroatoms. The molecule has 0 saturated carbocycles. The Morgan fingerprint density at radius 3 is 3.19 bits per heavy atom. The summed E-state index contributed by atoms with van der Waals surface area (Å²) in [5.74, 6) is 0.896. The summed E-state index contributed by atoms with van der Waals surface area (Å²) in [6.07, 6.45) is 6.19. The number of nitrogens with one attached hydrogen (secondary N) is 2. The molecule has 0 amide bonds. The van der Waals surface area contributed by atoms with E-state index in [9.17, 15) is 0 Å². The van der Waals surface area contributed by atoms with Crippen molar-refractivity contribution < 1.29 is 0 Å². The molecule has 2 heterocycles. The fraction of sp³-hybridized carbons (Fsp3) is 0.600. The molecule has 1 aliphatic heterocycles. The van der Waals surface area contributed by atoms with Crippen molar-refractivity contribution in [3.63, 3.8) is 0 Å². The maximum atomic E-state index is 4.45. The molecule has 1 atom stereocenters. The van der Waals surface area contributed by atoms with E-state index in [1.807, 2.05) is 6.26 Å². The molecule has 0 aliphatic carbocycles. The van der Waals surface area contributed by atoms with E-state index in [2.05, 4.69) is 36.5 Å². The fourth-order valence-electron chi connectivity index (χ4n) is 1.72. The Hall–Kier alpha value is -0.330. The van der Waals surface area contributed by atoms with Crippen LogP contribution < -0.4 is 10.6 Å². The van der Waals surface area contributed by atoms with Gasteiger partial charge in [-0.05, 0) is 41.6 Å². The summed E-state index contributed by atoms with van der Waals surface area (Å²) in [6, 6.07) is 0.467. The molecule has 1 fully saturated rings. The molecule has 1 aliphatic rings. The first-order chi connectivity index (χ1) is 7.79. The normalized spacial score (nSPS) is 20.8. The minimum atomic E-state index is 0.467. The minimum Gasteiger partial charge on any atom is -0.365 e. The van der Waals surface area contributed by atoms with Crippen LogP contribution >= 0.6 is 27.7 Å². The first-order valence-electron chi connectivity index (χ1n) is 5.33. The number of halogens is 1. The Bertz CT molecular complexity index is 355. The van der Waals surface area contributed by atoms with Gasteiger partial charge in [-0.2, -0.15) is 0 Å². The third-order valence-electron chi connectivity index (χ3n) is 2.54. The molecule has 1 aromatic heterocycles. The van der Waals surface area contributed by atoms with E-state index >= 15 is 0 Å². The average Bonchev–Trinajstić information content (AvgIpc) is 2.33. The maximum absolute atomic E-state index is 4.45. The number of hydrogen-bond acceptors (Lipinski definition) is 5. The summed E-state index contributed by atoms with van der Waals surface area (Å²) < 4.78 is 0.927. The Balaban J connectivity index is 2.06. The Kier molecular flexibility index (Phi) is 4.43. The van der Waals surface area contributed by atoms with Gasteiger partial charge in [-0.1, -0.05) is 11.8 Å². The highest BCUT2D eigenvalue weighted by atomic mass is 79.9. The van der Waals surface area contributed by atoms with Crippen LogP contribution in [0.3, 0.4) is 0 Å². The van der Waals surface area contributed by atoms with Gasteiger partial charge in [0.2, 0.25) is 0 Å². The zero-order valence-electron chi connectivity index (χ0n) is 9.16. The van der Waals surface area contributed by atoms with Gasteiger partial charge in [0.05, 0.1) is 4.47 Å². The van der Waals surface area contributed by atoms with Gasteiger partial charge in [0.25, 0.3) is 0 Å². The van der Waals surface area contributed by atoms with Crippen molar-refractivity contribution in [3.05, 3.63) is 10.7 Å². The predicted molar refractivity (Wildman–Crippen MR) is 71.0 cm³/mol. The van der Waals surface area contributed by atoms with Crippen molar-refractivity contribution in [2.24, 2.45) is 0 Å². The number of anilines is 1. The first kappa shape index (κ1) is 12.1. The lowest BCUT2D eigenvalue weighted by Crippen LogP contribution is -2.38. The van der Waals surface area contributed by atoms with E-state index in [1.165, 1.54) is 12.8 Å². The number of nitrogens with zero attached hydrogens (tertiary/aromatic N) is 2. The number of rotatable bonds is 3. The second-order valence-corrected chi connectivity index (χ2v) is 5.37. The predicted octanol–water partition coefficient (Wildman–Crippen LogP) is 2.12. The molecule has 0 spiro atoms. The molecule has 88 valence electrons. The van der Waals surface area contributed by atoms with Gasteiger partial charge in [0, 0.05) is 18.8 Å². The van der Waals surface area contributed by atoms with Crippen LogP contribution in [-0.2, 0) is 0 Å². The summed E-state index contributed by atoms with van der Waals surface area (Å²) in [4.78, 5) is 8.65. The number of thioether (sulfide) groups is 1. The summed E-state index contributed by atoms with van der Waals surface area (Å²) in [5.41, 5.74) is 0. The van der Waals surface area contributed by atoms with E-state index in [0.29, 0.717) is 6.04 Å². The van der Waals surface area contributed by atoms with E-state index in [0.717, 1.165) is 28.5 Å². The van der Waals surface area contributed by atoms with Crippen LogP contribution in [0.2, 0.25) is 0 Å². The van der Waals surface area contributed by atoms with Crippen molar-refractivity contribution >= 4 is 33.5 Å². The second-order valence-electron chi connectivity index (χ2n) is 3.74. The van der Waals surface area contributed by atoms with Crippen molar-refractivity contribution in [1.29, 1.82) is 0 Å². The number of piperidine rings is 1. The van der Waals surface area contributed by atoms with E-state index < -0.39 is 0 Å². The molecular weight excluding hydrogens is 288 g/mol. The zero-order valence-corrected chi connectivity index (χ0v) is 11.6. The summed E-state index contributed by atoms with van der Waals surface area (Å²) >= 11 is 5.02. The van der Waals surface area contributed by atoms with Crippen LogP contribution in [0.4, 0.5) is 5.82 Å². The van der Waals surface area contributed by atoms with Crippen LogP contribution in [0.1, 0.15) is 12.8 Å². The van der Waals surface area contributed by atoms with Crippen LogP contribution in [0.25, 0.3) is 0 Å². The van der Waals surface area contributed by atoms with Crippen molar-refractivity contribution in [3.8, 4) is 0 Å². The lowest BCUT2D eigenvalue weighted by Gasteiger charge is -2.24. The lowest BCUT2D eigenvalue weighted by atomic mass is 10.1. The third-order valence-corrected chi connectivity index (χ3v) is 3.68. The molecule has 1 saturated heterocycles. The molecular formula is C10H15BrN4S. The van der Waals surface area contributed by atoms with Gasteiger partial charge in [-0.25, -0.2) is 9.97 Å². The molecule has 0 radical (unpaired) electrons. The average molecular weight is 303 g/mol. The fourth-order valence-corrected chi connectivity index (χ4v) is 2.37. The molecule has 0 bridgehead atoms. The van der Waals surface area contributed by atoms with Gasteiger partial charge in [0.1, 0.15) is 5.82 Å². The van der Waals surface area contributed by atoms with E-state index in [1.54, 1.807) is 18.0 Å². The minimum absolute atomic E-state index is 0.467. The van der Waals surface area contributed by atoms with Crippen molar-refractivity contribution in [2.45, 2.75) is 24.0 Å².